The number of nitrogens with zero attached hydrogens (tertiary/aromatic N) is 1. The van der Waals surface area contributed by atoms with Crippen molar-refractivity contribution in [2.45, 2.75) is 26.7 Å². The molecule has 0 aliphatic heterocycles. The van der Waals surface area contributed by atoms with E-state index in [2.05, 4.69) is 19.2 Å². The number of carbonyl (C=O) groups excluding carboxylic acids is 2. The van der Waals surface area contributed by atoms with E-state index in [1.165, 1.54) is 4.90 Å². The number of benzene rings is 2. The van der Waals surface area contributed by atoms with Crippen LogP contribution in [-0.4, -0.2) is 38.0 Å². The molecule has 0 aromatic heterocycles. The third-order valence-electron chi connectivity index (χ3n) is 4.64. The second kappa shape index (κ2) is 11.1. The Hall–Kier alpha value is -2.66. The number of para-hydroxylation sites is 2. The fourth-order valence-electron chi connectivity index (χ4n) is 2.99. The van der Waals surface area contributed by atoms with Crippen molar-refractivity contribution in [2.24, 2.45) is 0 Å². The minimum Gasteiger partial charge on any atom is -0.350 e. The zero-order valence-corrected chi connectivity index (χ0v) is 16.3. The van der Waals surface area contributed by atoms with Crippen LogP contribution in [-0.2, 0) is 9.59 Å². The largest absolute Gasteiger partial charge is 0.350 e. The van der Waals surface area contributed by atoms with Crippen LogP contribution in [0.1, 0.15) is 26.7 Å². The number of amides is 2. The summed E-state index contributed by atoms with van der Waals surface area (Å²) in [6, 6.07) is 19.1. The summed E-state index contributed by atoms with van der Waals surface area (Å²) < 4.78 is 0. The van der Waals surface area contributed by atoms with Crippen LogP contribution in [0.3, 0.4) is 0 Å². The maximum Gasteiger partial charge on any atom is 0.232 e. The molecule has 27 heavy (non-hydrogen) atoms. The van der Waals surface area contributed by atoms with Gasteiger partial charge >= 0.3 is 0 Å². The number of nitrogens with one attached hydrogen (secondary N) is 2. The van der Waals surface area contributed by atoms with Crippen molar-refractivity contribution in [3.8, 4) is 0 Å². The van der Waals surface area contributed by atoms with Gasteiger partial charge in [-0.3, -0.25) is 14.5 Å². The van der Waals surface area contributed by atoms with Crippen LogP contribution in [0, 0.1) is 0 Å². The lowest BCUT2D eigenvalue weighted by Gasteiger charge is -2.23. The average Bonchev–Trinajstić information content (AvgIpc) is 2.71. The van der Waals surface area contributed by atoms with E-state index < -0.39 is 0 Å². The third kappa shape index (κ3) is 6.53. The second-order valence-electron chi connectivity index (χ2n) is 6.46. The van der Waals surface area contributed by atoms with Gasteiger partial charge in [-0.15, -0.1) is 0 Å². The maximum atomic E-state index is 12.9. The van der Waals surface area contributed by atoms with Gasteiger partial charge in [0, 0.05) is 24.2 Å². The van der Waals surface area contributed by atoms with Crippen LogP contribution in [0.5, 0.6) is 0 Å². The summed E-state index contributed by atoms with van der Waals surface area (Å²) in [6.45, 7) is 7.93. The van der Waals surface area contributed by atoms with Gasteiger partial charge in [-0.05, 0) is 38.1 Å². The van der Waals surface area contributed by atoms with Gasteiger partial charge in [0.1, 0.15) is 0 Å². The lowest BCUT2D eigenvalue weighted by Crippen LogP contribution is -3.12. The SMILES string of the molecule is CC[NH+](CC)CCNC(=O)CCC(=O)N(c1ccccc1)c1ccccc1. The Bertz CT molecular complexity index is 661. The molecule has 2 rings (SSSR count). The van der Waals surface area contributed by atoms with Crippen molar-refractivity contribution in [3.05, 3.63) is 60.7 Å². The molecule has 0 aliphatic carbocycles. The second-order valence-corrected chi connectivity index (χ2v) is 6.46. The summed E-state index contributed by atoms with van der Waals surface area (Å²) in [7, 11) is 0. The van der Waals surface area contributed by atoms with Gasteiger partial charge in [0.05, 0.1) is 26.2 Å². The number of anilines is 2. The summed E-state index contributed by atoms with van der Waals surface area (Å²) in [5.41, 5.74) is 1.61. The Balaban J connectivity index is 1.94. The lowest BCUT2D eigenvalue weighted by molar-refractivity contribution is -0.895. The first-order valence-electron chi connectivity index (χ1n) is 9.69. The van der Waals surface area contributed by atoms with Crippen molar-refractivity contribution >= 4 is 23.2 Å². The van der Waals surface area contributed by atoms with E-state index in [4.69, 9.17) is 0 Å². The Morgan fingerprint density at radius 3 is 1.85 bits per heavy atom. The molecule has 0 saturated carbocycles. The van der Waals surface area contributed by atoms with Crippen LogP contribution in [0.25, 0.3) is 0 Å². The first kappa shape index (κ1) is 20.6. The van der Waals surface area contributed by atoms with Crippen LogP contribution < -0.4 is 15.1 Å². The minimum absolute atomic E-state index is 0.0732. The van der Waals surface area contributed by atoms with Gasteiger partial charge < -0.3 is 10.2 Å². The molecule has 0 aliphatic rings. The number of quaternary nitrogens is 1. The van der Waals surface area contributed by atoms with E-state index in [1.54, 1.807) is 4.90 Å². The molecule has 2 N–H and O–H groups in total. The van der Waals surface area contributed by atoms with E-state index in [-0.39, 0.29) is 24.7 Å². The summed E-state index contributed by atoms with van der Waals surface area (Å²) in [4.78, 5) is 28.1. The topological polar surface area (TPSA) is 53.9 Å². The molecule has 0 bridgehead atoms. The highest BCUT2D eigenvalue weighted by Crippen LogP contribution is 2.26. The summed E-state index contributed by atoms with van der Waals surface area (Å²) in [5.74, 6) is -0.159. The van der Waals surface area contributed by atoms with Crippen LogP contribution in [0.2, 0.25) is 0 Å². The lowest BCUT2D eigenvalue weighted by atomic mass is 10.2. The molecule has 2 amide bonds. The zero-order valence-electron chi connectivity index (χ0n) is 16.3. The predicted octanol–water partition coefficient (Wildman–Crippen LogP) is 2.17. The molecule has 0 radical (unpaired) electrons. The van der Waals surface area contributed by atoms with E-state index in [0.29, 0.717) is 6.54 Å². The number of rotatable bonds is 10. The summed E-state index contributed by atoms with van der Waals surface area (Å²) in [6.07, 6.45) is 0.371. The van der Waals surface area contributed by atoms with E-state index in [9.17, 15) is 9.59 Å². The molecule has 0 heterocycles. The zero-order chi connectivity index (χ0) is 19.5. The molecule has 5 heteroatoms. The maximum absolute atomic E-state index is 12.9. The summed E-state index contributed by atoms with van der Waals surface area (Å²) >= 11 is 0. The molecule has 0 saturated heterocycles. The van der Waals surface area contributed by atoms with E-state index in [1.807, 2.05) is 60.7 Å². The van der Waals surface area contributed by atoms with Gasteiger partial charge in [0.15, 0.2) is 0 Å². The molecule has 0 atom stereocenters. The number of likely N-dealkylation sites (N-methyl/N-ethyl adjacent to an activating group) is 1. The highest BCUT2D eigenvalue weighted by Gasteiger charge is 2.18. The van der Waals surface area contributed by atoms with Crippen molar-refractivity contribution in [2.75, 3.05) is 31.1 Å². The Kier molecular flexibility index (Phi) is 8.52. The van der Waals surface area contributed by atoms with Gasteiger partial charge in [0.25, 0.3) is 0 Å². The van der Waals surface area contributed by atoms with Crippen molar-refractivity contribution in [1.82, 2.24) is 5.32 Å². The minimum atomic E-state index is -0.0862. The van der Waals surface area contributed by atoms with Gasteiger partial charge in [-0.1, -0.05) is 36.4 Å². The molecule has 0 fully saturated rings. The summed E-state index contributed by atoms with van der Waals surface area (Å²) in [5, 5.41) is 2.93. The molecule has 2 aromatic rings. The highest BCUT2D eigenvalue weighted by atomic mass is 16.2. The highest BCUT2D eigenvalue weighted by molar-refractivity contribution is 6.01. The fourth-order valence-corrected chi connectivity index (χ4v) is 2.99. The molecular formula is C22H30N3O2+. The molecule has 0 spiro atoms. The first-order chi connectivity index (χ1) is 13.2. The van der Waals surface area contributed by atoms with Crippen LogP contribution in [0.4, 0.5) is 11.4 Å². The van der Waals surface area contributed by atoms with Crippen LogP contribution in [0.15, 0.2) is 60.7 Å². The Morgan fingerprint density at radius 2 is 1.37 bits per heavy atom. The Labute approximate surface area is 162 Å². The predicted molar refractivity (Wildman–Crippen MR) is 109 cm³/mol. The van der Waals surface area contributed by atoms with Crippen molar-refractivity contribution < 1.29 is 14.5 Å². The van der Waals surface area contributed by atoms with E-state index in [0.717, 1.165) is 31.0 Å². The molecule has 144 valence electrons. The quantitative estimate of drug-likeness (QED) is 0.675. The molecular weight excluding hydrogens is 338 g/mol. The smallest absolute Gasteiger partial charge is 0.232 e. The standard InChI is InChI=1S/C22H29N3O2/c1-3-24(4-2)18-17-23-21(26)15-16-22(27)25(19-11-7-5-8-12-19)20-13-9-6-10-14-20/h5-14H,3-4,15-18H2,1-2H3,(H,23,26)/p+1. The normalized spacial score (nSPS) is 10.6. The van der Waals surface area contributed by atoms with Gasteiger partial charge in [0.2, 0.25) is 11.8 Å². The monoisotopic (exact) mass is 368 g/mol. The number of carbonyl (C=O) groups is 2. The average molecular weight is 369 g/mol. The molecule has 0 unspecified atom stereocenters. The van der Waals surface area contributed by atoms with Gasteiger partial charge in [-0.25, -0.2) is 0 Å². The van der Waals surface area contributed by atoms with E-state index >= 15 is 0 Å². The van der Waals surface area contributed by atoms with Crippen molar-refractivity contribution in [1.29, 1.82) is 0 Å². The third-order valence-corrected chi connectivity index (χ3v) is 4.64. The van der Waals surface area contributed by atoms with Gasteiger partial charge in [-0.2, -0.15) is 0 Å². The number of hydrogen-bond donors (Lipinski definition) is 2. The number of hydrogen-bond acceptors (Lipinski definition) is 2. The first-order valence-corrected chi connectivity index (χ1v) is 9.69. The Morgan fingerprint density at radius 1 is 0.852 bits per heavy atom. The molecule has 5 nitrogen and oxygen atoms in total. The molecule has 2 aromatic carbocycles. The van der Waals surface area contributed by atoms with Crippen molar-refractivity contribution in [3.63, 3.8) is 0 Å². The van der Waals surface area contributed by atoms with Crippen LogP contribution >= 0.6 is 0 Å². The fraction of sp³-hybridized carbons (Fsp3) is 0.364.